The maximum absolute atomic E-state index is 12.1. The van der Waals surface area contributed by atoms with Crippen molar-refractivity contribution < 1.29 is 13.5 Å². The van der Waals surface area contributed by atoms with Crippen molar-refractivity contribution in [2.45, 2.75) is 16.7 Å². The summed E-state index contributed by atoms with van der Waals surface area (Å²) in [6.07, 6.45) is -0.0131. The minimum absolute atomic E-state index is 0.201. The van der Waals surface area contributed by atoms with Gasteiger partial charge in [0.1, 0.15) is 4.21 Å². The molecule has 2 rings (SSSR count). The minimum atomic E-state index is -3.41. The molecule has 2 heterocycles. The first-order valence-electron chi connectivity index (χ1n) is 4.43. The van der Waals surface area contributed by atoms with Gasteiger partial charge in [-0.3, -0.25) is 0 Å². The molecule has 0 saturated carbocycles. The molecule has 4 nitrogen and oxygen atoms in total. The van der Waals surface area contributed by atoms with Crippen LogP contribution in [0.25, 0.3) is 0 Å². The van der Waals surface area contributed by atoms with Gasteiger partial charge in [-0.1, -0.05) is 0 Å². The highest BCUT2D eigenvalue weighted by Crippen LogP contribution is 2.31. The lowest BCUT2D eigenvalue weighted by molar-refractivity contribution is 0.189. The number of aliphatic hydroxyl groups is 1. The quantitative estimate of drug-likeness (QED) is 0.894. The van der Waals surface area contributed by atoms with E-state index < -0.39 is 16.1 Å². The highest BCUT2D eigenvalue weighted by atomic mass is 79.9. The van der Waals surface area contributed by atoms with Gasteiger partial charge in [-0.25, -0.2) is 8.42 Å². The molecule has 0 bridgehead atoms. The molecule has 0 radical (unpaired) electrons. The number of sulfonamides is 1. The van der Waals surface area contributed by atoms with Crippen LogP contribution in [0.3, 0.4) is 0 Å². The second-order valence-electron chi connectivity index (χ2n) is 3.36. The molecule has 0 aromatic carbocycles. The fourth-order valence-corrected chi connectivity index (χ4v) is 5.45. The summed E-state index contributed by atoms with van der Waals surface area (Å²) >= 11 is 4.39. The lowest BCUT2D eigenvalue weighted by atomic mass is 10.3. The average molecular weight is 312 g/mol. The molecule has 1 aromatic rings. The number of halogens is 1. The standard InChI is InChI=1S/C8H10BrNO3S2/c9-7-2-4-14-8(7)15(12,13)10-3-1-6(11)5-10/h2,4,6,11H,1,3,5H2/t6-/m1/s1. The maximum Gasteiger partial charge on any atom is 0.253 e. The Morgan fingerprint density at radius 1 is 1.60 bits per heavy atom. The SMILES string of the molecule is O=S(=O)(c1sccc1Br)N1CC[C@@H](O)C1. The fraction of sp³-hybridized carbons (Fsp3) is 0.500. The monoisotopic (exact) mass is 311 g/mol. The molecule has 1 aromatic heterocycles. The summed E-state index contributed by atoms with van der Waals surface area (Å²) in [6, 6.07) is 1.71. The Balaban J connectivity index is 2.32. The Hall–Kier alpha value is 0.0500. The molecule has 1 aliphatic heterocycles. The number of nitrogens with zero attached hydrogens (tertiary/aromatic N) is 1. The van der Waals surface area contributed by atoms with Gasteiger partial charge in [0.2, 0.25) is 0 Å². The lowest BCUT2D eigenvalue weighted by Gasteiger charge is -2.14. The van der Waals surface area contributed by atoms with Crippen molar-refractivity contribution in [3.05, 3.63) is 15.9 Å². The smallest absolute Gasteiger partial charge is 0.253 e. The molecule has 1 fully saturated rings. The van der Waals surface area contributed by atoms with Crippen LogP contribution in [-0.2, 0) is 10.0 Å². The van der Waals surface area contributed by atoms with Crippen LogP contribution in [0.1, 0.15) is 6.42 Å². The molecule has 1 aliphatic rings. The summed E-state index contributed by atoms with van der Waals surface area (Å²) in [5, 5.41) is 11.0. The van der Waals surface area contributed by atoms with Gasteiger partial charge in [0.25, 0.3) is 10.0 Å². The zero-order chi connectivity index (χ0) is 11.1. The van der Waals surface area contributed by atoms with E-state index in [1.54, 1.807) is 11.4 Å². The molecule has 1 saturated heterocycles. The molecule has 0 spiro atoms. The van der Waals surface area contributed by atoms with E-state index in [0.29, 0.717) is 21.6 Å². The Bertz CT molecular complexity index is 456. The molecule has 0 unspecified atom stereocenters. The van der Waals surface area contributed by atoms with E-state index in [0.717, 1.165) is 0 Å². The van der Waals surface area contributed by atoms with E-state index in [1.807, 2.05) is 0 Å². The summed E-state index contributed by atoms with van der Waals surface area (Å²) in [4.78, 5) is 0. The van der Waals surface area contributed by atoms with Crippen LogP contribution in [0.4, 0.5) is 0 Å². The van der Waals surface area contributed by atoms with Gasteiger partial charge in [0.05, 0.1) is 6.10 Å². The van der Waals surface area contributed by atoms with Crippen molar-refractivity contribution in [1.82, 2.24) is 4.31 Å². The van der Waals surface area contributed by atoms with Gasteiger partial charge in [-0.05, 0) is 33.8 Å². The summed E-state index contributed by atoms with van der Waals surface area (Å²) in [5.41, 5.74) is 0. The third-order valence-electron chi connectivity index (χ3n) is 2.28. The second-order valence-corrected chi connectivity index (χ2v) is 7.27. The zero-order valence-electron chi connectivity index (χ0n) is 7.76. The van der Waals surface area contributed by atoms with Crippen LogP contribution in [0.15, 0.2) is 20.1 Å². The summed E-state index contributed by atoms with van der Waals surface area (Å²) in [7, 11) is -3.41. The maximum atomic E-state index is 12.1. The van der Waals surface area contributed by atoms with Crippen LogP contribution in [0, 0.1) is 0 Å². The highest BCUT2D eigenvalue weighted by Gasteiger charge is 2.33. The number of rotatable bonds is 2. The van der Waals surface area contributed by atoms with Crippen LogP contribution < -0.4 is 0 Å². The van der Waals surface area contributed by atoms with Crippen LogP contribution in [-0.4, -0.2) is 37.0 Å². The third kappa shape index (κ3) is 2.12. The molecule has 0 amide bonds. The molecular weight excluding hydrogens is 302 g/mol. The molecule has 15 heavy (non-hydrogen) atoms. The van der Waals surface area contributed by atoms with Gasteiger partial charge in [-0.15, -0.1) is 11.3 Å². The molecule has 84 valence electrons. The molecule has 1 atom stereocenters. The topological polar surface area (TPSA) is 57.6 Å². The van der Waals surface area contributed by atoms with E-state index in [1.165, 1.54) is 15.6 Å². The van der Waals surface area contributed by atoms with Gasteiger partial charge < -0.3 is 5.11 Å². The average Bonchev–Trinajstić information content (AvgIpc) is 2.74. The normalized spacial score (nSPS) is 23.5. The van der Waals surface area contributed by atoms with Crippen molar-refractivity contribution in [1.29, 1.82) is 0 Å². The predicted molar refractivity (Wildman–Crippen MR) is 61.4 cm³/mol. The van der Waals surface area contributed by atoms with E-state index >= 15 is 0 Å². The van der Waals surface area contributed by atoms with E-state index in [4.69, 9.17) is 0 Å². The summed E-state index contributed by atoms with van der Waals surface area (Å²) < 4.78 is 26.3. The van der Waals surface area contributed by atoms with Crippen LogP contribution in [0.2, 0.25) is 0 Å². The van der Waals surface area contributed by atoms with Crippen LogP contribution >= 0.6 is 27.3 Å². The first-order valence-corrected chi connectivity index (χ1v) is 7.54. The number of thiophene rings is 1. The summed E-state index contributed by atoms with van der Waals surface area (Å²) in [6.45, 7) is 0.598. The zero-order valence-corrected chi connectivity index (χ0v) is 11.0. The van der Waals surface area contributed by atoms with Crippen molar-refractivity contribution in [3.8, 4) is 0 Å². The fourth-order valence-electron chi connectivity index (χ4n) is 1.51. The predicted octanol–water partition coefficient (Wildman–Crippen LogP) is 1.27. The molecule has 1 N–H and O–H groups in total. The Labute approximate surface area is 101 Å². The van der Waals surface area contributed by atoms with Gasteiger partial charge in [0, 0.05) is 17.6 Å². The minimum Gasteiger partial charge on any atom is -0.392 e. The number of hydrogen-bond acceptors (Lipinski definition) is 4. The molecule has 0 aliphatic carbocycles. The van der Waals surface area contributed by atoms with E-state index in [9.17, 15) is 13.5 Å². The van der Waals surface area contributed by atoms with E-state index in [2.05, 4.69) is 15.9 Å². The van der Waals surface area contributed by atoms with Gasteiger partial charge in [0.15, 0.2) is 0 Å². The lowest BCUT2D eigenvalue weighted by Crippen LogP contribution is -2.29. The van der Waals surface area contributed by atoms with Crippen LogP contribution in [0.5, 0.6) is 0 Å². The van der Waals surface area contributed by atoms with Crippen molar-refractivity contribution >= 4 is 37.3 Å². The largest absolute Gasteiger partial charge is 0.392 e. The highest BCUT2D eigenvalue weighted by molar-refractivity contribution is 9.10. The van der Waals surface area contributed by atoms with E-state index in [-0.39, 0.29) is 6.54 Å². The number of hydrogen-bond donors (Lipinski definition) is 1. The second kappa shape index (κ2) is 4.14. The van der Waals surface area contributed by atoms with Gasteiger partial charge in [-0.2, -0.15) is 4.31 Å². The first kappa shape index (κ1) is 11.5. The Morgan fingerprint density at radius 2 is 2.33 bits per heavy atom. The van der Waals surface area contributed by atoms with Gasteiger partial charge >= 0.3 is 0 Å². The van der Waals surface area contributed by atoms with Crippen molar-refractivity contribution in [3.63, 3.8) is 0 Å². The molecule has 7 heteroatoms. The first-order chi connectivity index (χ1) is 7.01. The molecular formula is C8H10BrNO3S2. The van der Waals surface area contributed by atoms with Crippen molar-refractivity contribution in [2.24, 2.45) is 0 Å². The summed E-state index contributed by atoms with van der Waals surface area (Å²) in [5.74, 6) is 0. The third-order valence-corrected chi connectivity index (χ3v) is 6.80. The number of aliphatic hydroxyl groups excluding tert-OH is 1. The number of β-amino-alcohol motifs (C(OH)–C–C–N with tert-alkyl or cyclic N) is 1. The Kier molecular flexibility index (Phi) is 3.18. The van der Waals surface area contributed by atoms with Crippen molar-refractivity contribution in [2.75, 3.05) is 13.1 Å². The Morgan fingerprint density at radius 3 is 2.80 bits per heavy atom.